The smallest absolute Gasteiger partial charge is 0.187 e. The minimum absolute atomic E-state index is 0.215. The first kappa shape index (κ1) is 13.5. The molecule has 4 heteroatoms. The van der Waals surface area contributed by atoms with Crippen LogP contribution in [0.3, 0.4) is 0 Å². The molecule has 0 saturated carbocycles. The maximum absolute atomic E-state index is 4.21. The molecule has 90 valence electrons. The van der Waals surface area contributed by atoms with Crippen LogP contribution in [0.5, 0.6) is 0 Å². The van der Waals surface area contributed by atoms with Crippen LogP contribution < -0.4 is 5.32 Å². The van der Waals surface area contributed by atoms with Crippen LogP contribution in [0.15, 0.2) is 23.6 Å². The molecule has 1 unspecified atom stereocenters. The molecule has 0 aliphatic rings. The largest absolute Gasteiger partial charge is 0.311 e. The van der Waals surface area contributed by atoms with Gasteiger partial charge in [-0.05, 0) is 26.3 Å². The molecular weight excluding hydrogens is 218 g/mol. The summed E-state index contributed by atoms with van der Waals surface area (Å²) in [5.41, 5.74) is 0.215. The standard InChI is InChI=1S/C12H21N3S/c1-5-12(3,4)15-9-10(2)16-11-13-7-6-8-14-11/h6-8,10,15H,5,9H2,1-4H3. The summed E-state index contributed by atoms with van der Waals surface area (Å²) in [6, 6.07) is 1.84. The third-order valence-corrected chi connectivity index (χ3v) is 3.59. The molecule has 16 heavy (non-hydrogen) atoms. The molecule has 0 aliphatic heterocycles. The van der Waals surface area contributed by atoms with Gasteiger partial charge in [-0.15, -0.1) is 0 Å². The van der Waals surface area contributed by atoms with Crippen LogP contribution in [0.2, 0.25) is 0 Å². The lowest BCUT2D eigenvalue weighted by Gasteiger charge is -2.26. The predicted molar refractivity (Wildman–Crippen MR) is 69.7 cm³/mol. The second kappa shape index (κ2) is 6.21. The molecule has 0 aromatic carbocycles. The van der Waals surface area contributed by atoms with Gasteiger partial charge in [-0.3, -0.25) is 0 Å². The molecule has 1 atom stereocenters. The maximum Gasteiger partial charge on any atom is 0.187 e. The molecule has 1 rings (SSSR count). The Balaban J connectivity index is 2.34. The lowest BCUT2D eigenvalue weighted by Crippen LogP contribution is -2.41. The third-order valence-electron chi connectivity index (χ3n) is 2.60. The highest BCUT2D eigenvalue weighted by atomic mass is 32.2. The van der Waals surface area contributed by atoms with E-state index in [1.54, 1.807) is 24.2 Å². The second-order valence-corrected chi connectivity index (χ2v) is 5.98. The molecule has 0 bridgehead atoms. The molecule has 1 heterocycles. The van der Waals surface area contributed by atoms with E-state index in [4.69, 9.17) is 0 Å². The van der Waals surface area contributed by atoms with Gasteiger partial charge in [-0.25, -0.2) is 9.97 Å². The Labute approximate surface area is 102 Å². The normalized spacial score (nSPS) is 13.8. The summed E-state index contributed by atoms with van der Waals surface area (Å²) in [5.74, 6) is 0. The Morgan fingerprint density at radius 2 is 2.00 bits per heavy atom. The summed E-state index contributed by atoms with van der Waals surface area (Å²) < 4.78 is 0. The van der Waals surface area contributed by atoms with Crippen molar-refractivity contribution in [1.82, 2.24) is 15.3 Å². The molecule has 0 fully saturated rings. The van der Waals surface area contributed by atoms with Crippen molar-refractivity contribution >= 4 is 11.8 Å². The second-order valence-electron chi connectivity index (χ2n) is 4.58. The maximum atomic E-state index is 4.21. The van der Waals surface area contributed by atoms with Gasteiger partial charge in [-0.1, -0.05) is 25.6 Å². The number of thioether (sulfide) groups is 1. The lowest BCUT2D eigenvalue weighted by molar-refractivity contribution is 0.379. The van der Waals surface area contributed by atoms with Crippen molar-refractivity contribution in [1.29, 1.82) is 0 Å². The van der Waals surface area contributed by atoms with Crippen LogP contribution in [0.1, 0.15) is 34.1 Å². The van der Waals surface area contributed by atoms with Crippen molar-refractivity contribution in [3.63, 3.8) is 0 Å². The Morgan fingerprint density at radius 3 is 2.56 bits per heavy atom. The highest BCUT2D eigenvalue weighted by Gasteiger charge is 2.15. The van der Waals surface area contributed by atoms with Crippen LogP contribution in [-0.4, -0.2) is 27.3 Å². The van der Waals surface area contributed by atoms with Crippen LogP contribution >= 0.6 is 11.8 Å². The Hall–Kier alpha value is -0.610. The summed E-state index contributed by atoms with van der Waals surface area (Å²) in [6.45, 7) is 9.82. The predicted octanol–water partition coefficient (Wildman–Crippen LogP) is 2.74. The van der Waals surface area contributed by atoms with E-state index < -0.39 is 0 Å². The van der Waals surface area contributed by atoms with Crippen LogP contribution in [-0.2, 0) is 0 Å². The number of rotatable bonds is 6. The first-order valence-corrected chi connectivity index (χ1v) is 6.60. The van der Waals surface area contributed by atoms with Crippen molar-refractivity contribution in [2.75, 3.05) is 6.54 Å². The minimum Gasteiger partial charge on any atom is -0.311 e. The first-order chi connectivity index (χ1) is 7.53. The van der Waals surface area contributed by atoms with E-state index in [9.17, 15) is 0 Å². The molecule has 0 amide bonds. The van der Waals surface area contributed by atoms with E-state index in [0.29, 0.717) is 5.25 Å². The zero-order valence-corrected chi connectivity index (χ0v) is 11.3. The van der Waals surface area contributed by atoms with Gasteiger partial charge in [-0.2, -0.15) is 0 Å². The average Bonchev–Trinajstić information content (AvgIpc) is 2.28. The molecule has 1 aromatic rings. The van der Waals surface area contributed by atoms with Crippen molar-refractivity contribution < 1.29 is 0 Å². The summed E-state index contributed by atoms with van der Waals surface area (Å²) in [6.07, 6.45) is 4.70. The third kappa shape index (κ3) is 4.94. The van der Waals surface area contributed by atoms with Crippen LogP contribution in [0.25, 0.3) is 0 Å². The SMILES string of the molecule is CCC(C)(C)NCC(C)Sc1ncccn1. The summed E-state index contributed by atoms with van der Waals surface area (Å²) in [4.78, 5) is 8.41. The number of hydrogen-bond acceptors (Lipinski definition) is 4. The fourth-order valence-corrected chi connectivity index (χ4v) is 1.88. The molecule has 1 aromatic heterocycles. The van der Waals surface area contributed by atoms with Crippen molar-refractivity contribution in [2.45, 2.75) is 50.1 Å². The molecule has 0 spiro atoms. The highest BCUT2D eigenvalue weighted by molar-refractivity contribution is 7.99. The van der Waals surface area contributed by atoms with Crippen molar-refractivity contribution in [3.05, 3.63) is 18.5 Å². The van der Waals surface area contributed by atoms with E-state index in [-0.39, 0.29) is 5.54 Å². The minimum atomic E-state index is 0.215. The van der Waals surface area contributed by atoms with Gasteiger partial charge in [0.2, 0.25) is 0 Å². The first-order valence-electron chi connectivity index (χ1n) is 5.72. The van der Waals surface area contributed by atoms with E-state index in [2.05, 4.69) is 43.0 Å². The highest BCUT2D eigenvalue weighted by Crippen LogP contribution is 2.18. The fraction of sp³-hybridized carbons (Fsp3) is 0.667. The monoisotopic (exact) mass is 239 g/mol. The van der Waals surface area contributed by atoms with Gasteiger partial charge < -0.3 is 5.32 Å². The summed E-state index contributed by atoms with van der Waals surface area (Å²) in [7, 11) is 0. The van der Waals surface area contributed by atoms with Crippen LogP contribution in [0, 0.1) is 0 Å². The zero-order valence-electron chi connectivity index (χ0n) is 10.5. The lowest BCUT2D eigenvalue weighted by atomic mass is 10.0. The number of nitrogens with zero attached hydrogens (tertiary/aromatic N) is 2. The average molecular weight is 239 g/mol. The molecule has 3 nitrogen and oxygen atoms in total. The molecule has 1 N–H and O–H groups in total. The molecule has 0 radical (unpaired) electrons. The Bertz CT molecular complexity index is 300. The molecule has 0 saturated heterocycles. The zero-order chi connectivity index (χ0) is 12.0. The van der Waals surface area contributed by atoms with Crippen molar-refractivity contribution in [2.24, 2.45) is 0 Å². The van der Waals surface area contributed by atoms with E-state index in [0.717, 1.165) is 18.1 Å². The van der Waals surface area contributed by atoms with E-state index in [1.807, 2.05) is 6.07 Å². The summed E-state index contributed by atoms with van der Waals surface area (Å²) >= 11 is 1.71. The van der Waals surface area contributed by atoms with Gasteiger partial charge in [0.05, 0.1) is 0 Å². The van der Waals surface area contributed by atoms with E-state index in [1.165, 1.54) is 0 Å². The van der Waals surface area contributed by atoms with Gasteiger partial charge in [0.1, 0.15) is 0 Å². The number of aromatic nitrogens is 2. The topological polar surface area (TPSA) is 37.8 Å². The number of nitrogens with one attached hydrogen (secondary N) is 1. The number of hydrogen-bond donors (Lipinski definition) is 1. The Kier molecular flexibility index (Phi) is 5.22. The fourth-order valence-electron chi connectivity index (χ4n) is 1.11. The summed E-state index contributed by atoms with van der Waals surface area (Å²) in [5, 5.41) is 4.89. The quantitative estimate of drug-likeness (QED) is 0.612. The molecular formula is C12H21N3S. The van der Waals surface area contributed by atoms with Gasteiger partial charge in [0.25, 0.3) is 0 Å². The Morgan fingerprint density at radius 1 is 1.38 bits per heavy atom. The van der Waals surface area contributed by atoms with Crippen LogP contribution in [0.4, 0.5) is 0 Å². The van der Waals surface area contributed by atoms with E-state index >= 15 is 0 Å². The van der Waals surface area contributed by atoms with Gasteiger partial charge in [0.15, 0.2) is 5.16 Å². The van der Waals surface area contributed by atoms with Gasteiger partial charge >= 0.3 is 0 Å². The van der Waals surface area contributed by atoms with Gasteiger partial charge in [0, 0.05) is 29.7 Å². The molecule has 0 aliphatic carbocycles. The van der Waals surface area contributed by atoms with Crippen molar-refractivity contribution in [3.8, 4) is 0 Å².